The van der Waals surface area contributed by atoms with Crippen molar-refractivity contribution in [3.63, 3.8) is 0 Å². The predicted molar refractivity (Wildman–Crippen MR) is 115 cm³/mol. The van der Waals surface area contributed by atoms with Gasteiger partial charge < -0.3 is 16.0 Å². The zero-order valence-electron chi connectivity index (χ0n) is 15.4. The lowest BCUT2D eigenvalue weighted by atomic mass is 9.91. The van der Waals surface area contributed by atoms with Gasteiger partial charge in [0.2, 0.25) is 5.95 Å². The number of halogens is 2. The fourth-order valence-electron chi connectivity index (χ4n) is 3.28. The number of aryl methyl sites for hydroxylation is 1. The lowest BCUT2D eigenvalue weighted by Gasteiger charge is -2.29. The third-order valence-corrected chi connectivity index (χ3v) is 5.64. The molecular weight excluding hydrogens is 474 g/mol. The molecule has 144 valence electrons. The minimum atomic E-state index is -0.0334. The van der Waals surface area contributed by atoms with Gasteiger partial charge in [-0.2, -0.15) is 4.98 Å². The zero-order valence-corrected chi connectivity index (χ0v) is 18.5. The standard InChI is InChI=1S/C19H23Br2N5O/c1-11-10-23-19(26-17(11)22-2)25-16-5-3-15(4-6-16)24-18(27)12-7-13(20)9-14(21)8-12/h7-10,15-16H,3-6H2,1-2H3,(H,24,27)(H2,22,23,25,26). The fourth-order valence-corrected chi connectivity index (χ4v) is 4.58. The molecule has 8 heteroatoms. The highest BCUT2D eigenvalue weighted by molar-refractivity contribution is 9.11. The molecule has 1 aliphatic carbocycles. The summed E-state index contributed by atoms with van der Waals surface area (Å²) in [7, 11) is 1.86. The van der Waals surface area contributed by atoms with Crippen LogP contribution < -0.4 is 16.0 Å². The summed E-state index contributed by atoms with van der Waals surface area (Å²) in [5.74, 6) is 1.46. The van der Waals surface area contributed by atoms with Crippen molar-refractivity contribution in [3.05, 3.63) is 44.5 Å². The van der Waals surface area contributed by atoms with Crippen LogP contribution in [-0.4, -0.2) is 35.0 Å². The Balaban J connectivity index is 1.52. The quantitative estimate of drug-likeness (QED) is 0.567. The molecule has 0 unspecified atom stereocenters. The van der Waals surface area contributed by atoms with Gasteiger partial charge >= 0.3 is 0 Å². The molecule has 1 fully saturated rings. The summed E-state index contributed by atoms with van der Waals surface area (Å²) >= 11 is 6.85. The Kier molecular flexibility index (Phi) is 6.70. The van der Waals surface area contributed by atoms with Crippen molar-refractivity contribution in [1.82, 2.24) is 15.3 Å². The Morgan fingerprint density at radius 3 is 2.33 bits per heavy atom. The second-order valence-electron chi connectivity index (χ2n) is 6.80. The van der Waals surface area contributed by atoms with Crippen molar-refractivity contribution < 1.29 is 4.79 Å². The van der Waals surface area contributed by atoms with Crippen molar-refractivity contribution in [2.24, 2.45) is 0 Å². The maximum absolute atomic E-state index is 12.5. The van der Waals surface area contributed by atoms with Crippen LogP contribution in [0.5, 0.6) is 0 Å². The molecule has 0 spiro atoms. The maximum atomic E-state index is 12.5. The van der Waals surface area contributed by atoms with Gasteiger partial charge in [-0.25, -0.2) is 4.98 Å². The van der Waals surface area contributed by atoms with Crippen LogP contribution >= 0.6 is 31.9 Å². The highest BCUT2D eigenvalue weighted by Crippen LogP contribution is 2.24. The van der Waals surface area contributed by atoms with Gasteiger partial charge in [0, 0.05) is 45.4 Å². The Bertz CT molecular complexity index is 801. The monoisotopic (exact) mass is 495 g/mol. The Morgan fingerprint density at radius 1 is 1.07 bits per heavy atom. The Hall–Kier alpha value is -1.67. The number of hydrogen-bond acceptors (Lipinski definition) is 5. The number of nitrogens with zero attached hydrogens (tertiary/aromatic N) is 2. The van der Waals surface area contributed by atoms with Crippen LogP contribution in [0.15, 0.2) is 33.3 Å². The lowest BCUT2D eigenvalue weighted by Crippen LogP contribution is -2.40. The van der Waals surface area contributed by atoms with E-state index in [1.807, 2.05) is 38.4 Å². The van der Waals surface area contributed by atoms with Crippen LogP contribution in [0.25, 0.3) is 0 Å². The Morgan fingerprint density at radius 2 is 1.70 bits per heavy atom. The van der Waals surface area contributed by atoms with Crippen LogP contribution in [0.1, 0.15) is 41.6 Å². The van der Waals surface area contributed by atoms with E-state index in [-0.39, 0.29) is 11.9 Å². The van der Waals surface area contributed by atoms with E-state index in [1.165, 1.54) is 0 Å². The van der Waals surface area contributed by atoms with Crippen LogP contribution in [-0.2, 0) is 0 Å². The normalized spacial score (nSPS) is 19.4. The average molecular weight is 497 g/mol. The third kappa shape index (κ3) is 5.42. The molecule has 3 rings (SSSR count). The maximum Gasteiger partial charge on any atom is 0.251 e. The molecule has 0 radical (unpaired) electrons. The van der Waals surface area contributed by atoms with Crippen LogP contribution in [0.2, 0.25) is 0 Å². The molecule has 0 aliphatic heterocycles. The van der Waals surface area contributed by atoms with Crippen LogP contribution in [0, 0.1) is 6.92 Å². The van der Waals surface area contributed by atoms with Crippen molar-refractivity contribution >= 4 is 49.5 Å². The third-order valence-electron chi connectivity index (χ3n) is 4.73. The summed E-state index contributed by atoms with van der Waals surface area (Å²) in [4.78, 5) is 21.4. The number of benzene rings is 1. The molecule has 0 saturated heterocycles. The Labute approximate surface area is 176 Å². The number of aromatic nitrogens is 2. The first-order chi connectivity index (χ1) is 12.9. The van der Waals surface area contributed by atoms with E-state index in [9.17, 15) is 4.79 Å². The summed E-state index contributed by atoms with van der Waals surface area (Å²) in [5, 5.41) is 9.65. The van der Waals surface area contributed by atoms with Gasteiger partial charge in [0.05, 0.1) is 0 Å². The molecule has 0 atom stereocenters. The molecule has 3 N–H and O–H groups in total. The average Bonchev–Trinajstić information content (AvgIpc) is 2.64. The minimum absolute atomic E-state index is 0.0334. The van der Waals surface area contributed by atoms with Crippen LogP contribution in [0.3, 0.4) is 0 Å². The largest absolute Gasteiger partial charge is 0.373 e. The molecule has 0 bridgehead atoms. The summed E-state index contributed by atoms with van der Waals surface area (Å²) in [6, 6.07) is 6.11. The van der Waals surface area contributed by atoms with Crippen molar-refractivity contribution in [3.8, 4) is 0 Å². The number of carbonyl (C=O) groups excluding carboxylic acids is 1. The minimum Gasteiger partial charge on any atom is -0.373 e. The van der Waals surface area contributed by atoms with Gasteiger partial charge in [-0.1, -0.05) is 31.9 Å². The van der Waals surface area contributed by atoms with E-state index in [4.69, 9.17) is 0 Å². The smallest absolute Gasteiger partial charge is 0.251 e. The van der Waals surface area contributed by atoms with Gasteiger partial charge in [0.15, 0.2) is 0 Å². The van der Waals surface area contributed by atoms with E-state index in [1.54, 1.807) is 0 Å². The molecule has 1 heterocycles. The van der Waals surface area contributed by atoms with Crippen LogP contribution in [0.4, 0.5) is 11.8 Å². The fraction of sp³-hybridized carbons (Fsp3) is 0.421. The topological polar surface area (TPSA) is 78.9 Å². The van der Waals surface area contributed by atoms with Gasteiger partial charge in [0.25, 0.3) is 5.91 Å². The first-order valence-electron chi connectivity index (χ1n) is 8.99. The molecule has 1 aliphatic rings. The summed E-state index contributed by atoms with van der Waals surface area (Å²) in [6.45, 7) is 1.98. The van der Waals surface area contributed by atoms with Gasteiger partial charge in [-0.15, -0.1) is 0 Å². The second-order valence-corrected chi connectivity index (χ2v) is 8.63. The number of amides is 1. The van der Waals surface area contributed by atoms with E-state index in [0.717, 1.165) is 46.0 Å². The summed E-state index contributed by atoms with van der Waals surface area (Å²) < 4.78 is 1.77. The molecule has 1 saturated carbocycles. The van der Waals surface area contributed by atoms with Crippen molar-refractivity contribution in [2.45, 2.75) is 44.7 Å². The molecule has 2 aromatic rings. The predicted octanol–water partition coefficient (Wildman–Crippen LogP) is 4.50. The lowest BCUT2D eigenvalue weighted by molar-refractivity contribution is 0.0926. The highest BCUT2D eigenvalue weighted by atomic mass is 79.9. The second kappa shape index (κ2) is 9.01. The highest BCUT2D eigenvalue weighted by Gasteiger charge is 2.23. The number of anilines is 2. The summed E-state index contributed by atoms with van der Waals surface area (Å²) in [5.41, 5.74) is 1.68. The SMILES string of the molecule is CNc1nc(NC2CCC(NC(=O)c3cc(Br)cc(Br)c3)CC2)ncc1C. The van der Waals surface area contributed by atoms with E-state index in [2.05, 4.69) is 57.8 Å². The molecule has 1 amide bonds. The molecule has 1 aromatic carbocycles. The van der Waals surface area contributed by atoms with Gasteiger partial charge in [-0.05, 0) is 50.8 Å². The number of rotatable bonds is 5. The number of carbonyl (C=O) groups is 1. The van der Waals surface area contributed by atoms with Crippen molar-refractivity contribution in [1.29, 1.82) is 0 Å². The first-order valence-corrected chi connectivity index (χ1v) is 10.6. The molecular formula is C19H23Br2N5O. The number of nitrogens with one attached hydrogen (secondary N) is 3. The van der Waals surface area contributed by atoms with Crippen molar-refractivity contribution in [2.75, 3.05) is 17.7 Å². The zero-order chi connectivity index (χ0) is 19.4. The summed E-state index contributed by atoms with van der Waals surface area (Å²) in [6.07, 6.45) is 5.63. The first kappa shape index (κ1) is 20.1. The molecule has 27 heavy (non-hydrogen) atoms. The molecule has 1 aromatic heterocycles. The van der Waals surface area contributed by atoms with E-state index < -0.39 is 0 Å². The van der Waals surface area contributed by atoms with Gasteiger partial charge in [0.1, 0.15) is 5.82 Å². The molecule has 6 nitrogen and oxygen atoms in total. The number of hydrogen-bond donors (Lipinski definition) is 3. The van der Waals surface area contributed by atoms with Gasteiger partial charge in [-0.3, -0.25) is 4.79 Å². The van der Waals surface area contributed by atoms with E-state index in [0.29, 0.717) is 17.6 Å². The van der Waals surface area contributed by atoms with E-state index >= 15 is 0 Å².